The molecule has 0 radical (unpaired) electrons. The summed E-state index contributed by atoms with van der Waals surface area (Å²) in [6, 6.07) is 12.4. The predicted molar refractivity (Wildman–Crippen MR) is 130 cm³/mol. The summed E-state index contributed by atoms with van der Waals surface area (Å²) in [5.41, 5.74) is 5.70. The maximum Gasteiger partial charge on any atom is 0.153 e. The van der Waals surface area contributed by atoms with Gasteiger partial charge < -0.3 is 4.42 Å². The Morgan fingerprint density at radius 2 is 1.80 bits per heavy atom. The van der Waals surface area contributed by atoms with Crippen molar-refractivity contribution in [1.82, 2.24) is 4.98 Å². The van der Waals surface area contributed by atoms with E-state index in [1.54, 1.807) is 11.3 Å². The lowest BCUT2D eigenvalue weighted by atomic mass is 9.86. The quantitative estimate of drug-likeness (QED) is 0.289. The Hall–Kier alpha value is -2.65. The van der Waals surface area contributed by atoms with Crippen molar-refractivity contribution in [3.05, 3.63) is 64.2 Å². The first-order valence-electron chi connectivity index (χ1n) is 11.8. The first-order chi connectivity index (χ1) is 15.4. The molecule has 2 nitrogen and oxygen atoms in total. The number of rotatable bonds is 2. The molecule has 152 valence electrons. The summed E-state index contributed by atoms with van der Waals surface area (Å²) >= 11 is 1.77. The fourth-order valence-electron chi connectivity index (χ4n) is 4.22. The molecule has 0 aliphatic rings. The minimum atomic E-state index is -2.20. The Labute approximate surface area is 185 Å². The Balaban J connectivity index is 1.76. The van der Waals surface area contributed by atoms with Crippen LogP contribution in [0.15, 0.2) is 47.0 Å². The molecule has 0 aliphatic heterocycles. The number of benzene rings is 2. The molecule has 30 heavy (non-hydrogen) atoms. The number of para-hydroxylation sites is 1. The molecule has 0 atom stereocenters. The van der Waals surface area contributed by atoms with Gasteiger partial charge in [0, 0.05) is 31.5 Å². The van der Waals surface area contributed by atoms with Crippen LogP contribution in [-0.2, 0) is 6.42 Å². The highest BCUT2D eigenvalue weighted by Gasteiger charge is 2.19. The second-order valence-electron chi connectivity index (χ2n) is 9.35. The average Bonchev–Trinajstić information content (AvgIpc) is 3.23. The van der Waals surface area contributed by atoms with Crippen LogP contribution in [0.3, 0.4) is 0 Å². The van der Waals surface area contributed by atoms with Gasteiger partial charge in [-0.25, -0.2) is 0 Å². The van der Waals surface area contributed by atoms with Crippen LogP contribution in [0.2, 0.25) is 0 Å². The lowest BCUT2D eigenvalue weighted by molar-refractivity contribution is 0.410. The molecule has 0 saturated heterocycles. The number of fused-ring (bicyclic) bond motifs is 5. The van der Waals surface area contributed by atoms with Crippen molar-refractivity contribution in [3.8, 4) is 11.3 Å². The number of nitrogens with zero attached hydrogens (tertiary/aromatic N) is 1. The van der Waals surface area contributed by atoms with Gasteiger partial charge in [-0.2, -0.15) is 0 Å². The Kier molecular flexibility index (Phi) is 3.58. The van der Waals surface area contributed by atoms with Gasteiger partial charge in [0.15, 0.2) is 5.58 Å². The molecule has 0 spiro atoms. The normalized spacial score (nSPS) is 14.4. The van der Waals surface area contributed by atoms with Crippen LogP contribution in [0, 0.1) is 26.1 Å². The second kappa shape index (κ2) is 6.68. The summed E-state index contributed by atoms with van der Waals surface area (Å²) in [7, 11) is 0. The number of hydrogen-bond donors (Lipinski definition) is 0. The predicted octanol–water partition coefficient (Wildman–Crippen LogP) is 8.38. The van der Waals surface area contributed by atoms with Crippen LogP contribution in [-0.4, -0.2) is 4.98 Å². The van der Waals surface area contributed by atoms with Gasteiger partial charge in [-0.15, -0.1) is 11.3 Å². The van der Waals surface area contributed by atoms with Crippen molar-refractivity contribution in [2.24, 2.45) is 5.41 Å². The molecule has 0 saturated carbocycles. The van der Waals surface area contributed by atoms with Gasteiger partial charge in [0.1, 0.15) is 5.58 Å². The van der Waals surface area contributed by atoms with Gasteiger partial charge in [-0.05, 0) is 72.8 Å². The van der Waals surface area contributed by atoms with Gasteiger partial charge in [-0.3, -0.25) is 4.98 Å². The fraction of sp³-hybridized carbons (Fsp3) is 0.296. The van der Waals surface area contributed by atoms with Gasteiger partial charge >= 0.3 is 0 Å². The van der Waals surface area contributed by atoms with Gasteiger partial charge in [0.2, 0.25) is 0 Å². The monoisotopic (exact) mass is 416 g/mol. The number of furan rings is 1. The van der Waals surface area contributed by atoms with E-state index in [1.807, 2.05) is 18.2 Å². The van der Waals surface area contributed by atoms with Crippen LogP contribution in [0.1, 0.15) is 46.5 Å². The number of pyridine rings is 1. The van der Waals surface area contributed by atoms with E-state index < -0.39 is 6.85 Å². The first-order valence-corrected chi connectivity index (χ1v) is 11.1. The number of thiophene rings is 1. The zero-order chi connectivity index (χ0) is 23.7. The molecule has 0 aliphatic carbocycles. The van der Waals surface area contributed by atoms with Crippen molar-refractivity contribution >= 4 is 43.4 Å². The molecule has 2 aromatic carbocycles. The van der Waals surface area contributed by atoms with Crippen molar-refractivity contribution in [2.45, 2.75) is 47.9 Å². The molecule has 0 N–H and O–H groups in total. The van der Waals surface area contributed by atoms with E-state index in [4.69, 9.17) is 8.53 Å². The topological polar surface area (TPSA) is 26.0 Å². The van der Waals surface area contributed by atoms with Crippen molar-refractivity contribution in [3.63, 3.8) is 0 Å². The molecule has 0 amide bonds. The summed E-state index contributed by atoms with van der Waals surface area (Å²) in [5.74, 6) is 0. The van der Waals surface area contributed by atoms with Gasteiger partial charge in [-0.1, -0.05) is 39.0 Å². The molecule has 5 rings (SSSR count). The Morgan fingerprint density at radius 1 is 1.03 bits per heavy atom. The third-order valence-corrected chi connectivity index (χ3v) is 7.02. The standard InChI is InChI=1S/C27H27NOS/c1-15-14-28-23(12-18(15)13-27(4,5)6)22-9-7-8-20-21-11-10-19-16(2)17(3)30-26(19)25(21)29-24(20)22/h7-12,14H,13H2,1-6H3/i1D3. The van der Waals surface area contributed by atoms with E-state index in [0.717, 1.165) is 38.8 Å². The molecule has 5 aromatic rings. The molecule has 3 aromatic heterocycles. The van der Waals surface area contributed by atoms with Crippen LogP contribution < -0.4 is 0 Å². The van der Waals surface area contributed by atoms with Crippen LogP contribution in [0.5, 0.6) is 0 Å². The first kappa shape index (κ1) is 16.1. The lowest BCUT2D eigenvalue weighted by Crippen LogP contribution is -2.10. The molecule has 0 unspecified atom stereocenters. The average molecular weight is 417 g/mol. The smallest absolute Gasteiger partial charge is 0.153 e. The third kappa shape index (κ3) is 3.04. The van der Waals surface area contributed by atoms with Gasteiger partial charge in [0.05, 0.1) is 10.4 Å². The molecule has 0 fully saturated rings. The summed E-state index contributed by atoms with van der Waals surface area (Å²) in [5, 5.41) is 3.38. The summed E-state index contributed by atoms with van der Waals surface area (Å²) < 4.78 is 31.6. The van der Waals surface area contributed by atoms with Crippen molar-refractivity contribution in [2.75, 3.05) is 0 Å². The summed E-state index contributed by atoms with van der Waals surface area (Å²) in [4.78, 5) is 5.89. The molecule has 3 heteroatoms. The zero-order valence-corrected chi connectivity index (χ0v) is 18.8. The fourth-order valence-corrected chi connectivity index (χ4v) is 5.36. The van der Waals surface area contributed by atoms with Crippen molar-refractivity contribution < 1.29 is 8.53 Å². The molecule has 0 bridgehead atoms. The van der Waals surface area contributed by atoms with Crippen LogP contribution >= 0.6 is 11.3 Å². The van der Waals surface area contributed by atoms with Gasteiger partial charge in [0.25, 0.3) is 0 Å². The van der Waals surface area contributed by atoms with E-state index in [9.17, 15) is 0 Å². The van der Waals surface area contributed by atoms with E-state index >= 15 is 0 Å². The Bertz CT molecular complexity index is 1530. The minimum absolute atomic E-state index is 0.0511. The van der Waals surface area contributed by atoms with E-state index in [-0.39, 0.29) is 5.41 Å². The molecular weight excluding hydrogens is 386 g/mol. The van der Waals surface area contributed by atoms with E-state index in [1.165, 1.54) is 26.7 Å². The largest absolute Gasteiger partial charge is 0.454 e. The Morgan fingerprint density at radius 3 is 2.57 bits per heavy atom. The zero-order valence-electron chi connectivity index (χ0n) is 21.0. The maximum atomic E-state index is 7.97. The summed E-state index contributed by atoms with van der Waals surface area (Å²) in [6.07, 6.45) is 2.18. The van der Waals surface area contributed by atoms with E-state index in [0.29, 0.717) is 12.0 Å². The lowest BCUT2D eigenvalue weighted by Gasteiger charge is -2.20. The van der Waals surface area contributed by atoms with Crippen molar-refractivity contribution in [1.29, 1.82) is 0 Å². The SMILES string of the molecule is [2H]C([2H])([2H])c1cnc(-c2cccc3c2oc2c3ccc3c(C)c(C)sc32)cc1CC(C)(C)C. The van der Waals surface area contributed by atoms with Crippen LogP contribution in [0.4, 0.5) is 0 Å². The van der Waals surface area contributed by atoms with Crippen LogP contribution in [0.25, 0.3) is 43.3 Å². The highest BCUT2D eigenvalue weighted by molar-refractivity contribution is 7.20. The number of aromatic nitrogens is 1. The molecule has 3 heterocycles. The third-order valence-electron chi connectivity index (χ3n) is 5.80. The second-order valence-corrected chi connectivity index (χ2v) is 10.6. The minimum Gasteiger partial charge on any atom is -0.454 e. The maximum absolute atomic E-state index is 7.97. The molecular formula is C27H27NOS. The van der Waals surface area contributed by atoms with E-state index in [2.05, 4.69) is 57.8 Å². The highest BCUT2D eigenvalue weighted by Crippen LogP contribution is 2.42. The summed E-state index contributed by atoms with van der Waals surface area (Å²) in [6.45, 7) is 8.46. The number of hydrogen-bond acceptors (Lipinski definition) is 3. The highest BCUT2D eigenvalue weighted by atomic mass is 32.1. The number of aryl methyl sites for hydroxylation is 3.